The van der Waals surface area contributed by atoms with Crippen molar-refractivity contribution in [2.45, 2.75) is 31.2 Å². The van der Waals surface area contributed by atoms with Crippen LogP contribution in [0, 0.1) is 0 Å². The van der Waals surface area contributed by atoms with Crippen molar-refractivity contribution in [2.24, 2.45) is 0 Å². The Kier molecular flexibility index (Phi) is 8.54. The fourth-order valence-electron chi connectivity index (χ4n) is 2.97. The Balaban J connectivity index is 1.81. The van der Waals surface area contributed by atoms with Crippen molar-refractivity contribution < 1.29 is 14.5 Å². The molecule has 2 atom stereocenters. The number of likely N-dealkylation sites (N-methyl/N-ethyl adjacent to an activating group) is 1. The van der Waals surface area contributed by atoms with E-state index in [1.54, 1.807) is 11.8 Å². The van der Waals surface area contributed by atoms with E-state index in [0.717, 1.165) is 27.5 Å². The Morgan fingerprint density at radius 3 is 2.32 bits per heavy atom. The van der Waals surface area contributed by atoms with Crippen molar-refractivity contribution >= 4 is 29.3 Å². The minimum absolute atomic E-state index is 0.0616. The summed E-state index contributed by atoms with van der Waals surface area (Å²) in [5.74, 6) is -0.170. The molecule has 2 amide bonds. The molecular formula is C22H30N3O2S+. The molecule has 0 saturated heterocycles. The monoisotopic (exact) mass is 400 g/mol. The van der Waals surface area contributed by atoms with Crippen molar-refractivity contribution in [3.05, 3.63) is 59.7 Å². The number of rotatable bonds is 9. The van der Waals surface area contributed by atoms with E-state index in [1.165, 1.54) is 5.56 Å². The molecular weight excluding hydrogens is 370 g/mol. The number of benzene rings is 2. The third-order valence-electron chi connectivity index (χ3n) is 4.57. The Bertz CT molecular complexity index is 793. The molecule has 5 nitrogen and oxygen atoms in total. The fraction of sp³-hybridized carbons (Fsp3) is 0.364. The second-order valence-corrected chi connectivity index (χ2v) is 7.79. The van der Waals surface area contributed by atoms with Gasteiger partial charge in [-0.15, -0.1) is 11.8 Å². The molecule has 0 heterocycles. The normalized spacial score (nSPS) is 12.9. The van der Waals surface area contributed by atoms with Crippen LogP contribution in [0.4, 0.5) is 5.69 Å². The van der Waals surface area contributed by atoms with Crippen LogP contribution in [-0.2, 0) is 16.0 Å². The lowest BCUT2D eigenvalue weighted by Crippen LogP contribution is -3.11. The van der Waals surface area contributed by atoms with Crippen LogP contribution in [0.15, 0.2) is 53.4 Å². The molecule has 2 aromatic rings. The van der Waals surface area contributed by atoms with Gasteiger partial charge in [-0.25, -0.2) is 0 Å². The van der Waals surface area contributed by atoms with Gasteiger partial charge in [0.1, 0.15) is 0 Å². The van der Waals surface area contributed by atoms with Crippen LogP contribution >= 0.6 is 11.8 Å². The molecule has 0 spiro atoms. The standard InChI is InChI=1S/C22H29N3O2S/c1-5-17-10-12-18(13-11-17)16(2)23-21(26)14-25(3)15-22(27)24-19-8-6-7-9-20(19)28-4/h6-13,16H,5,14-15H2,1-4H3,(H,23,26)(H,24,27)/p+1/t16-/m0/s1. The largest absolute Gasteiger partial charge is 0.345 e. The average Bonchev–Trinajstić information content (AvgIpc) is 2.68. The molecule has 0 bridgehead atoms. The van der Waals surface area contributed by atoms with Crippen LogP contribution in [0.3, 0.4) is 0 Å². The summed E-state index contributed by atoms with van der Waals surface area (Å²) in [6.45, 7) is 4.57. The molecule has 2 aromatic carbocycles. The second-order valence-electron chi connectivity index (χ2n) is 6.94. The van der Waals surface area contributed by atoms with Gasteiger partial charge >= 0.3 is 0 Å². The van der Waals surface area contributed by atoms with Gasteiger partial charge in [0.25, 0.3) is 11.8 Å². The molecule has 1 unspecified atom stereocenters. The molecule has 2 rings (SSSR count). The third kappa shape index (κ3) is 6.69. The number of anilines is 1. The van der Waals surface area contributed by atoms with Gasteiger partial charge in [0.2, 0.25) is 0 Å². The zero-order chi connectivity index (χ0) is 20.5. The molecule has 3 N–H and O–H groups in total. The van der Waals surface area contributed by atoms with E-state index in [4.69, 9.17) is 0 Å². The van der Waals surface area contributed by atoms with Gasteiger partial charge in [0.15, 0.2) is 13.1 Å². The summed E-state index contributed by atoms with van der Waals surface area (Å²) >= 11 is 1.59. The Morgan fingerprint density at radius 1 is 1.04 bits per heavy atom. The van der Waals surface area contributed by atoms with Crippen molar-refractivity contribution in [3.63, 3.8) is 0 Å². The lowest BCUT2D eigenvalue weighted by Gasteiger charge is -2.18. The van der Waals surface area contributed by atoms with Crippen LogP contribution in [0.5, 0.6) is 0 Å². The number of quaternary nitrogens is 1. The van der Waals surface area contributed by atoms with Crippen LogP contribution in [-0.4, -0.2) is 38.2 Å². The SMILES string of the molecule is CCc1ccc([C@H](C)NC(=O)C[NH+](C)CC(=O)Nc2ccccc2SC)cc1. The predicted molar refractivity (Wildman–Crippen MR) is 116 cm³/mol. The van der Waals surface area contributed by atoms with Gasteiger partial charge in [-0.2, -0.15) is 0 Å². The summed E-state index contributed by atoms with van der Waals surface area (Å²) < 4.78 is 0. The number of aryl methyl sites for hydroxylation is 1. The lowest BCUT2D eigenvalue weighted by atomic mass is 10.1. The van der Waals surface area contributed by atoms with Gasteiger partial charge in [0, 0.05) is 4.90 Å². The number of hydrogen-bond acceptors (Lipinski definition) is 3. The molecule has 0 aliphatic heterocycles. The highest BCUT2D eigenvalue weighted by molar-refractivity contribution is 7.98. The number of nitrogens with one attached hydrogen (secondary N) is 3. The van der Waals surface area contributed by atoms with E-state index in [-0.39, 0.29) is 30.9 Å². The van der Waals surface area contributed by atoms with Crippen LogP contribution in [0.25, 0.3) is 0 Å². The summed E-state index contributed by atoms with van der Waals surface area (Å²) in [4.78, 5) is 26.5. The van der Waals surface area contributed by atoms with E-state index >= 15 is 0 Å². The first-order chi connectivity index (χ1) is 13.4. The van der Waals surface area contributed by atoms with Gasteiger partial charge < -0.3 is 15.5 Å². The number of hydrogen-bond donors (Lipinski definition) is 3. The van der Waals surface area contributed by atoms with E-state index in [9.17, 15) is 9.59 Å². The van der Waals surface area contributed by atoms with Crippen LogP contribution in [0.2, 0.25) is 0 Å². The summed E-state index contributed by atoms with van der Waals surface area (Å²) in [7, 11) is 1.85. The molecule has 150 valence electrons. The highest BCUT2D eigenvalue weighted by atomic mass is 32.2. The molecule has 0 aliphatic rings. The zero-order valence-corrected chi connectivity index (χ0v) is 17.9. The van der Waals surface area contributed by atoms with Gasteiger partial charge in [-0.05, 0) is 42.9 Å². The quantitative estimate of drug-likeness (QED) is 0.566. The lowest BCUT2D eigenvalue weighted by molar-refractivity contribution is -0.862. The maximum absolute atomic E-state index is 12.3. The Labute approximate surface area is 171 Å². The molecule has 0 aromatic heterocycles. The smallest absolute Gasteiger partial charge is 0.279 e. The molecule has 0 aliphatic carbocycles. The predicted octanol–water partition coefficient (Wildman–Crippen LogP) is 2.30. The van der Waals surface area contributed by atoms with Crippen molar-refractivity contribution in [1.82, 2.24) is 5.32 Å². The zero-order valence-electron chi connectivity index (χ0n) is 17.0. The minimum Gasteiger partial charge on any atom is -0.345 e. The first kappa shape index (κ1) is 22.0. The first-order valence-corrected chi connectivity index (χ1v) is 10.8. The Hall–Kier alpha value is -2.31. The molecule has 0 fully saturated rings. The van der Waals surface area contributed by atoms with Crippen LogP contribution < -0.4 is 15.5 Å². The van der Waals surface area contributed by atoms with E-state index in [0.29, 0.717) is 0 Å². The number of carbonyl (C=O) groups is 2. The van der Waals surface area contributed by atoms with E-state index in [1.807, 2.05) is 44.5 Å². The number of para-hydroxylation sites is 1. The summed E-state index contributed by atoms with van der Waals surface area (Å²) in [6.07, 6.45) is 2.97. The average molecular weight is 401 g/mol. The maximum atomic E-state index is 12.3. The molecule has 0 radical (unpaired) electrons. The highest BCUT2D eigenvalue weighted by Gasteiger charge is 2.17. The van der Waals surface area contributed by atoms with Gasteiger partial charge in [-0.1, -0.05) is 43.3 Å². The van der Waals surface area contributed by atoms with E-state index < -0.39 is 0 Å². The summed E-state index contributed by atoms with van der Waals surface area (Å²) in [6, 6.07) is 15.9. The van der Waals surface area contributed by atoms with Gasteiger partial charge in [-0.3, -0.25) is 9.59 Å². The highest BCUT2D eigenvalue weighted by Crippen LogP contribution is 2.24. The number of carbonyl (C=O) groups excluding carboxylic acids is 2. The van der Waals surface area contributed by atoms with Crippen molar-refractivity contribution in [1.29, 1.82) is 0 Å². The van der Waals surface area contributed by atoms with Gasteiger partial charge in [0.05, 0.1) is 18.8 Å². The van der Waals surface area contributed by atoms with Crippen molar-refractivity contribution in [3.8, 4) is 0 Å². The maximum Gasteiger partial charge on any atom is 0.279 e. The summed E-state index contributed by atoms with van der Waals surface area (Å²) in [5.41, 5.74) is 3.16. The van der Waals surface area contributed by atoms with Crippen molar-refractivity contribution in [2.75, 3.05) is 31.7 Å². The third-order valence-corrected chi connectivity index (χ3v) is 5.37. The molecule has 6 heteroatoms. The molecule has 28 heavy (non-hydrogen) atoms. The van der Waals surface area contributed by atoms with E-state index in [2.05, 4.69) is 41.8 Å². The Morgan fingerprint density at radius 2 is 1.68 bits per heavy atom. The summed E-state index contributed by atoms with van der Waals surface area (Å²) in [5, 5.41) is 5.94. The second kappa shape index (κ2) is 10.9. The minimum atomic E-state index is -0.102. The first-order valence-electron chi connectivity index (χ1n) is 9.55. The number of amides is 2. The molecule has 0 saturated carbocycles. The topological polar surface area (TPSA) is 62.6 Å². The number of thioether (sulfide) groups is 1. The van der Waals surface area contributed by atoms with Crippen LogP contribution in [0.1, 0.15) is 31.0 Å². The fourth-order valence-corrected chi connectivity index (χ4v) is 3.52.